The highest BCUT2D eigenvalue weighted by Gasteiger charge is 2.30. The summed E-state index contributed by atoms with van der Waals surface area (Å²) >= 11 is 0. The number of hydrogen-bond acceptors (Lipinski definition) is 4. The maximum Gasteiger partial charge on any atom is 0.222 e. The van der Waals surface area contributed by atoms with E-state index < -0.39 is 0 Å². The molecule has 0 unspecified atom stereocenters. The number of likely N-dealkylation sites (N-methyl/N-ethyl adjacent to an activating group) is 1. The van der Waals surface area contributed by atoms with Gasteiger partial charge in [0.05, 0.1) is 0 Å². The van der Waals surface area contributed by atoms with Crippen LogP contribution in [0.3, 0.4) is 0 Å². The van der Waals surface area contributed by atoms with E-state index in [0.717, 1.165) is 45.6 Å². The molecule has 2 atom stereocenters. The van der Waals surface area contributed by atoms with E-state index in [4.69, 9.17) is 0 Å². The van der Waals surface area contributed by atoms with Gasteiger partial charge in [-0.3, -0.25) is 4.79 Å². The van der Waals surface area contributed by atoms with Crippen molar-refractivity contribution in [2.75, 3.05) is 59.5 Å². The van der Waals surface area contributed by atoms with Crippen LogP contribution in [0.15, 0.2) is 24.3 Å². The smallest absolute Gasteiger partial charge is 0.222 e. The summed E-state index contributed by atoms with van der Waals surface area (Å²) in [5.41, 5.74) is 2.47. The fourth-order valence-electron chi connectivity index (χ4n) is 4.60. The average molecular weight is 388 g/mol. The molecule has 2 aliphatic rings. The normalized spacial score (nSPS) is 24.9. The van der Waals surface area contributed by atoms with Gasteiger partial charge in [-0.1, -0.05) is 29.8 Å². The molecule has 1 amide bonds. The first-order valence-electron chi connectivity index (χ1n) is 10.9. The van der Waals surface area contributed by atoms with E-state index in [1.807, 2.05) is 4.90 Å². The van der Waals surface area contributed by atoms with Crippen LogP contribution in [0.5, 0.6) is 0 Å². The molecule has 2 heterocycles. The molecule has 5 nitrogen and oxygen atoms in total. The number of carbonyl (C=O) groups excluding carboxylic acids is 1. The number of aliphatic hydroxyl groups is 1. The van der Waals surface area contributed by atoms with Crippen LogP contribution >= 0.6 is 0 Å². The fourth-order valence-corrected chi connectivity index (χ4v) is 4.60. The highest BCUT2D eigenvalue weighted by Crippen LogP contribution is 2.24. The van der Waals surface area contributed by atoms with E-state index in [1.54, 1.807) is 0 Å². The molecule has 2 aliphatic heterocycles. The zero-order valence-corrected chi connectivity index (χ0v) is 17.6. The number of aryl methyl sites for hydroxylation is 2. The van der Waals surface area contributed by atoms with Crippen molar-refractivity contribution >= 4 is 5.91 Å². The molecular weight excluding hydrogens is 350 g/mol. The van der Waals surface area contributed by atoms with Crippen molar-refractivity contribution in [2.45, 2.75) is 32.6 Å². The Balaban J connectivity index is 1.53. The van der Waals surface area contributed by atoms with E-state index in [-0.39, 0.29) is 18.4 Å². The zero-order valence-electron chi connectivity index (χ0n) is 17.6. The third-order valence-corrected chi connectivity index (χ3v) is 6.31. The molecular formula is C23H37N3O2. The molecule has 1 aromatic carbocycles. The van der Waals surface area contributed by atoms with Gasteiger partial charge in [-0.15, -0.1) is 0 Å². The number of aliphatic hydroxyl groups excluding tert-OH is 1. The van der Waals surface area contributed by atoms with Gasteiger partial charge in [0.2, 0.25) is 5.91 Å². The maximum atomic E-state index is 12.9. The summed E-state index contributed by atoms with van der Waals surface area (Å²) < 4.78 is 0. The zero-order chi connectivity index (χ0) is 19.9. The van der Waals surface area contributed by atoms with Crippen molar-refractivity contribution in [3.05, 3.63) is 35.4 Å². The molecule has 2 fully saturated rings. The summed E-state index contributed by atoms with van der Waals surface area (Å²) in [6.45, 7) is 9.41. The van der Waals surface area contributed by atoms with Crippen LogP contribution in [0.4, 0.5) is 0 Å². The Morgan fingerprint density at radius 3 is 2.57 bits per heavy atom. The number of benzene rings is 1. The maximum absolute atomic E-state index is 12.9. The van der Waals surface area contributed by atoms with Gasteiger partial charge in [0.1, 0.15) is 0 Å². The molecule has 0 aliphatic carbocycles. The first-order chi connectivity index (χ1) is 13.5. The van der Waals surface area contributed by atoms with Gasteiger partial charge in [0.25, 0.3) is 0 Å². The second kappa shape index (κ2) is 10.4. The standard InChI is InChI=1S/C23H37N3O2/c1-19-4-6-20(7-5-19)8-9-23(28)26-16-21(14-22(17-26)18-27)15-25-11-3-10-24(2)12-13-25/h4-7,21-22,27H,3,8-18H2,1-2H3/t21-,22+/m0/s1. The Bertz CT molecular complexity index is 619. The predicted molar refractivity (Wildman–Crippen MR) is 113 cm³/mol. The lowest BCUT2D eigenvalue weighted by atomic mass is 9.88. The third kappa shape index (κ3) is 6.29. The molecule has 156 valence electrons. The van der Waals surface area contributed by atoms with E-state index in [2.05, 4.69) is 48.0 Å². The number of likely N-dealkylation sites (tertiary alicyclic amines) is 1. The quantitative estimate of drug-likeness (QED) is 0.811. The van der Waals surface area contributed by atoms with Crippen molar-refractivity contribution in [1.29, 1.82) is 0 Å². The van der Waals surface area contributed by atoms with Gasteiger partial charge in [0, 0.05) is 45.8 Å². The van der Waals surface area contributed by atoms with Crippen molar-refractivity contribution < 1.29 is 9.90 Å². The number of hydrogen-bond donors (Lipinski definition) is 1. The van der Waals surface area contributed by atoms with Crippen LogP contribution in [0.25, 0.3) is 0 Å². The lowest BCUT2D eigenvalue weighted by Gasteiger charge is -2.39. The topological polar surface area (TPSA) is 47.0 Å². The fraction of sp³-hybridized carbons (Fsp3) is 0.696. The summed E-state index contributed by atoms with van der Waals surface area (Å²) in [5.74, 6) is 0.925. The van der Waals surface area contributed by atoms with Gasteiger partial charge >= 0.3 is 0 Å². The predicted octanol–water partition coefficient (Wildman–Crippen LogP) is 2.02. The number of carbonyl (C=O) groups is 1. The lowest BCUT2D eigenvalue weighted by Crippen LogP contribution is -2.48. The van der Waals surface area contributed by atoms with E-state index in [9.17, 15) is 9.90 Å². The van der Waals surface area contributed by atoms with E-state index >= 15 is 0 Å². The summed E-state index contributed by atoms with van der Waals surface area (Å²) in [7, 11) is 2.19. The van der Waals surface area contributed by atoms with Gasteiger partial charge < -0.3 is 19.8 Å². The van der Waals surface area contributed by atoms with E-state index in [0.29, 0.717) is 18.9 Å². The van der Waals surface area contributed by atoms with Crippen LogP contribution in [0.2, 0.25) is 0 Å². The highest BCUT2D eigenvalue weighted by molar-refractivity contribution is 5.76. The molecule has 0 saturated carbocycles. The minimum absolute atomic E-state index is 0.182. The largest absolute Gasteiger partial charge is 0.396 e. The Morgan fingerprint density at radius 2 is 1.82 bits per heavy atom. The van der Waals surface area contributed by atoms with Gasteiger partial charge in [-0.25, -0.2) is 0 Å². The second-order valence-electron chi connectivity index (χ2n) is 8.89. The number of piperidine rings is 1. The number of amides is 1. The monoisotopic (exact) mass is 387 g/mol. The highest BCUT2D eigenvalue weighted by atomic mass is 16.3. The molecule has 2 saturated heterocycles. The molecule has 0 aromatic heterocycles. The van der Waals surface area contributed by atoms with Crippen LogP contribution in [0, 0.1) is 18.8 Å². The van der Waals surface area contributed by atoms with Gasteiger partial charge in [-0.05, 0) is 63.7 Å². The summed E-state index contributed by atoms with van der Waals surface area (Å²) in [6.07, 6.45) is 3.60. The van der Waals surface area contributed by atoms with Crippen LogP contribution in [0.1, 0.15) is 30.4 Å². The van der Waals surface area contributed by atoms with Crippen molar-refractivity contribution in [2.24, 2.45) is 11.8 Å². The molecule has 0 bridgehead atoms. The molecule has 1 N–H and O–H groups in total. The Labute approximate surface area is 170 Å². The Kier molecular flexibility index (Phi) is 7.89. The Hall–Kier alpha value is -1.43. The summed E-state index contributed by atoms with van der Waals surface area (Å²) in [4.78, 5) is 19.8. The second-order valence-corrected chi connectivity index (χ2v) is 8.89. The minimum atomic E-state index is 0.182. The van der Waals surface area contributed by atoms with Crippen LogP contribution in [-0.4, -0.2) is 85.2 Å². The summed E-state index contributed by atoms with van der Waals surface area (Å²) in [6, 6.07) is 8.46. The molecule has 0 radical (unpaired) electrons. The minimum Gasteiger partial charge on any atom is -0.396 e. The van der Waals surface area contributed by atoms with Gasteiger partial charge in [-0.2, -0.15) is 0 Å². The SMILES string of the molecule is Cc1ccc(CCC(=O)N2C[C@H](CO)C[C@@H](CN3CCCN(C)CC3)C2)cc1. The first-order valence-corrected chi connectivity index (χ1v) is 10.9. The average Bonchev–Trinajstić information content (AvgIpc) is 2.91. The first kappa shape index (κ1) is 21.3. The molecule has 5 heteroatoms. The van der Waals surface area contributed by atoms with Crippen LogP contribution < -0.4 is 0 Å². The number of rotatable bonds is 6. The van der Waals surface area contributed by atoms with Crippen molar-refractivity contribution in [3.8, 4) is 0 Å². The lowest BCUT2D eigenvalue weighted by molar-refractivity contribution is -0.134. The molecule has 0 spiro atoms. The molecule has 1 aromatic rings. The van der Waals surface area contributed by atoms with E-state index in [1.165, 1.54) is 24.1 Å². The summed E-state index contributed by atoms with van der Waals surface area (Å²) in [5, 5.41) is 9.77. The third-order valence-electron chi connectivity index (χ3n) is 6.31. The number of nitrogens with zero attached hydrogens (tertiary/aromatic N) is 3. The molecule has 28 heavy (non-hydrogen) atoms. The van der Waals surface area contributed by atoms with Crippen molar-refractivity contribution in [1.82, 2.24) is 14.7 Å². The van der Waals surface area contributed by atoms with Crippen molar-refractivity contribution in [3.63, 3.8) is 0 Å². The van der Waals surface area contributed by atoms with Gasteiger partial charge in [0.15, 0.2) is 0 Å². The Morgan fingerprint density at radius 1 is 1.07 bits per heavy atom. The molecule has 3 rings (SSSR count). The van der Waals surface area contributed by atoms with Crippen LogP contribution in [-0.2, 0) is 11.2 Å².